The number of nitrogens with zero attached hydrogens (tertiary/aromatic N) is 1. The molecule has 5 atom stereocenters. The monoisotopic (exact) mass is 189 g/mol. The van der Waals surface area contributed by atoms with E-state index in [4.69, 9.17) is 5.11 Å². The van der Waals surface area contributed by atoms with Gasteiger partial charge in [0.15, 0.2) is 0 Å². The quantitative estimate of drug-likeness (QED) is 0.367. The maximum Gasteiger partial charge on any atom is 0.0995 e. The Hall–Kier alpha value is -0.200. The summed E-state index contributed by atoms with van der Waals surface area (Å²) in [5, 5.41) is 37.6. The maximum atomic E-state index is 9.58. The first-order valence-corrected chi connectivity index (χ1v) is 4.57. The number of rotatable bonds is 1. The fourth-order valence-electron chi connectivity index (χ4n) is 2.47. The van der Waals surface area contributed by atoms with E-state index in [1.165, 1.54) is 0 Å². The van der Waals surface area contributed by atoms with Gasteiger partial charge in [0.2, 0.25) is 0 Å². The molecule has 76 valence electrons. The Bertz CT molecular complexity index is 201. The molecule has 0 spiro atoms. The van der Waals surface area contributed by atoms with Crippen LogP contribution in [0, 0.1) is 0 Å². The molecule has 2 aliphatic heterocycles. The third kappa shape index (κ3) is 1.19. The van der Waals surface area contributed by atoms with Crippen molar-refractivity contribution in [3.8, 4) is 0 Å². The predicted octanol–water partition coefficient (Wildman–Crippen LogP) is -2.48. The second kappa shape index (κ2) is 3.18. The molecular formula is C8H15NO4. The Morgan fingerprint density at radius 3 is 2.46 bits per heavy atom. The van der Waals surface area contributed by atoms with E-state index in [9.17, 15) is 15.3 Å². The highest BCUT2D eigenvalue weighted by Crippen LogP contribution is 2.33. The minimum Gasteiger partial charge on any atom is -0.395 e. The molecule has 0 aromatic carbocycles. The van der Waals surface area contributed by atoms with Crippen molar-refractivity contribution in [1.29, 1.82) is 0 Å². The predicted molar refractivity (Wildman–Crippen MR) is 44.0 cm³/mol. The fourth-order valence-corrected chi connectivity index (χ4v) is 2.47. The van der Waals surface area contributed by atoms with Gasteiger partial charge in [-0.05, 0) is 6.42 Å². The molecule has 13 heavy (non-hydrogen) atoms. The average molecular weight is 189 g/mol. The molecule has 0 amide bonds. The number of hydrogen-bond acceptors (Lipinski definition) is 5. The van der Waals surface area contributed by atoms with Gasteiger partial charge in [-0.3, -0.25) is 4.90 Å². The molecule has 0 bridgehead atoms. The summed E-state index contributed by atoms with van der Waals surface area (Å²) in [4.78, 5) is 1.79. The van der Waals surface area contributed by atoms with Crippen LogP contribution in [0.3, 0.4) is 0 Å². The van der Waals surface area contributed by atoms with E-state index in [0.717, 1.165) is 0 Å². The highest BCUT2D eigenvalue weighted by Gasteiger charge is 2.52. The van der Waals surface area contributed by atoms with Gasteiger partial charge in [0, 0.05) is 6.54 Å². The molecule has 4 N–H and O–H groups in total. The number of hydrogen-bond donors (Lipinski definition) is 4. The molecule has 0 saturated carbocycles. The third-order valence-electron chi connectivity index (χ3n) is 3.17. The molecule has 0 aromatic heterocycles. The van der Waals surface area contributed by atoms with Crippen LogP contribution >= 0.6 is 0 Å². The molecule has 2 aliphatic rings. The summed E-state index contributed by atoms with van der Waals surface area (Å²) in [6, 6.07) is -0.815. The Morgan fingerprint density at radius 1 is 1.15 bits per heavy atom. The lowest BCUT2D eigenvalue weighted by molar-refractivity contribution is -0.000895. The van der Waals surface area contributed by atoms with Gasteiger partial charge in [0.05, 0.1) is 37.0 Å². The van der Waals surface area contributed by atoms with Crippen LogP contribution in [0.15, 0.2) is 0 Å². The molecule has 2 fully saturated rings. The number of fused-ring (bicyclic) bond motifs is 1. The summed E-state index contributed by atoms with van der Waals surface area (Å²) in [6.45, 7) is 0.451. The third-order valence-corrected chi connectivity index (χ3v) is 3.17. The molecular weight excluding hydrogens is 174 g/mol. The molecule has 0 aromatic rings. The summed E-state index contributed by atoms with van der Waals surface area (Å²) in [7, 11) is 0. The molecule has 0 aliphatic carbocycles. The Balaban J connectivity index is 2.19. The Labute approximate surface area is 76.2 Å². The van der Waals surface area contributed by atoms with Gasteiger partial charge in [-0.2, -0.15) is 0 Å². The van der Waals surface area contributed by atoms with Crippen LogP contribution in [-0.4, -0.2) is 68.9 Å². The van der Waals surface area contributed by atoms with Crippen LogP contribution in [-0.2, 0) is 0 Å². The first-order chi connectivity index (χ1) is 6.16. The smallest absolute Gasteiger partial charge is 0.0995 e. The summed E-state index contributed by atoms with van der Waals surface area (Å²) < 4.78 is 0. The van der Waals surface area contributed by atoms with Gasteiger partial charge < -0.3 is 20.4 Å². The topological polar surface area (TPSA) is 84.2 Å². The minimum atomic E-state index is -0.940. The largest absolute Gasteiger partial charge is 0.395 e. The number of aliphatic hydroxyl groups excluding tert-OH is 4. The van der Waals surface area contributed by atoms with Crippen molar-refractivity contribution in [3.05, 3.63) is 0 Å². The Kier molecular flexibility index (Phi) is 2.29. The van der Waals surface area contributed by atoms with Crippen molar-refractivity contribution >= 4 is 0 Å². The normalized spacial score (nSPS) is 51.2. The van der Waals surface area contributed by atoms with E-state index in [2.05, 4.69) is 0 Å². The maximum absolute atomic E-state index is 9.58. The zero-order valence-corrected chi connectivity index (χ0v) is 7.24. The minimum absolute atomic E-state index is 0.179. The molecule has 2 heterocycles. The second-order valence-electron chi connectivity index (χ2n) is 3.82. The molecule has 2 rings (SSSR count). The van der Waals surface area contributed by atoms with E-state index < -0.39 is 30.4 Å². The van der Waals surface area contributed by atoms with Crippen LogP contribution in [0.25, 0.3) is 0 Å². The molecule has 0 unspecified atom stereocenters. The lowest BCUT2D eigenvalue weighted by Crippen LogP contribution is -2.39. The lowest BCUT2D eigenvalue weighted by atomic mass is 10.0. The molecule has 5 nitrogen and oxygen atoms in total. The van der Waals surface area contributed by atoms with Gasteiger partial charge in [0.25, 0.3) is 0 Å². The van der Waals surface area contributed by atoms with Crippen molar-refractivity contribution in [2.75, 3.05) is 13.2 Å². The van der Waals surface area contributed by atoms with Gasteiger partial charge in [0.1, 0.15) is 0 Å². The van der Waals surface area contributed by atoms with E-state index in [1.807, 2.05) is 0 Å². The van der Waals surface area contributed by atoms with Gasteiger partial charge in [-0.15, -0.1) is 0 Å². The van der Waals surface area contributed by atoms with Crippen molar-refractivity contribution in [2.45, 2.75) is 36.8 Å². The zero-order chi connectivity index (χ0) is 9.59. The standard InChI is InChI=1S/C8H15NO4/c10-3-4-7(12)8(13)6-5(11)1-2-9(4)6/h4-8,10-13H,1-3H2/t4-,5-,6+,7-,8+/m0/s1. The van der Waals surface area contributed by atoms with Gasteiger partial charge in [-0.25, -0.2) is 0 Å². The SMILES string of the molecule is OC[C@H]1[C@H](O)[C@H](O)[C@H]2[C@@H](O)CCN21. The van der Waals surface area contributed by atoms with E-state index in [1.54, 1.807) is 4.90 Å². The van der Waals surface area contributed by atoms with Crippen molar-refractivity contribution in [3.63, 3.8) is 0 Å². The van der Waals surface area contributed by atoms with Crippen LogP contribution in [0.1, 0.15) is 6.42 Å². The van der Waals surface area contributed by atoms with Crippen molar-refractivity contribution < 1.29 is 20.4 Å². The summed E-state index contributed by atoms with van der Waals surface area (Å²) >= 11 is 0. The fraction of sp³-hybridized carbons (Fsp3) is 1.00. The van der Waals surface area contributed by atoms with E-state index >= 15 is 0 Å². The van der Waals surface area contributed by atoms with Crippen LogP contribution in [0.2, 0.25) is 0 Å². The summed E-state index contributed by atoms with van der Waals surface area (Å²) in [6.07, 6.45) is -1.86. The molecule has 2 saturated heterocycles. The van der Waals surface area contributed by atoms with E-state index in [-0.39, 0.29) is 6.61 Å². The highest BCUT2D eigenvalue weighted by atomic mass is 16.3. The van der Waals surface area contributed by atoms with Crippen molar-refractivity contribution in [1.82, 2.24) is 4.90 Å². The van der Waals surface area contributed by atoms with E-state index in [0.29, 0.717) is 13.0 Å². The first-order valence-electron chi connectivity index (χ1n) is 4.57. The highest BCUT2D eigenvalue weighted by molar-refractivity contribution is 5.06. The molecule has 5 heteroatoms. The zero-order valence-electron chi connectivity index (χ0n) is 7.24. The van der Waals surface area contributed by atoms with Gasteiger partial charge in [-0.1, -0.05) is 0 Å². The first kappa shape index (κ1) is 9.36. The van der Waals surface area contributed by atoms with Crippen LogP contribution in [0.5, 0.6) is 0 Å². The van der Waals surface area contributed by atoms with Gasteiger partial charge >= 0.3 is 0 Å². The second-order valence-corrected chi connectivity index (χ2v) is 3.82. The summed E-state index contributed by atoms with van der Waals surface area (Å²) in [5.41, 5.74) is 0. The number of aliphatic hydroxyl groups is 4. The Morgan fingerprint density at radius 2 is 1.85 bits per heavy atom. The van der Waals surface area contributed by atoms with Crippen molar-refractivity contribution in [2.24, 2.45) is 0 Å². The lowest BCUT2D eigenvalue weighted by Gasteiger charge is -2.22. The molecule has 0 radical (unpaired) electrons. The average Bonchev–Trinajstić information content (AvgIpc) is 2.57. The summed E-state index contributed by atoms with van der Waals surface area (Å²) in [5.74, 6) is 0. The van der Waals surface area contributed by atoms with Crippen LogP contribution < -0.4 is 0 Å². The van der Waals surface area contributed by atoms with Crippen LogP contribution in [0.4, 0.5) is 0 Å².